The topological polar surface area (TPSA) is 4.93 Å². The van der Waals surface area contributed by atoms with Crippen molar-refractivity contribution in [2.24, 2.45) is 0 Å². The van der Waals surface area contributed by atoms with Gasteiger partial charge in [-0.3, -0.25) is 0 Å². The van der Waals surface area contributed by atoms with Crippen molar-refractivity contribution in [1.29, 1.82) is 0 Å². The third-order valence-corrected chi connectivity index (χ3v) is 4.17. The van der Waals surface area contributed by atoms with Crippen LogP contribution >= 0.6 is 0 Å². The summed E-state index contributed by atoms with van der Waals surface area (Å²) in [5.41, 5.74) is 5.09. The molecule has 0 saturated heterocycles. The fraction of sp³-hybridized carbons (Fsp3) is 0.100. The maximum Gasteiger partial charge on any atom is 0.147 e. The summed E-state index contributed by atoms with van der Waals surface area (Å²) in [5.74, 6) is -0.206. The van der Waals surface area contributed by atoms with Gasteiger partial charge in [-0.25, -0.2) is 4.39 Å². The SMILES string of the molecule is Cc1ccc2c(c1)c1cc(C)ccc1n2-c1ccccc1F. The van der Waals surface area contributed by atoms with Crippen LogP contribution in [-0.2, 0) is 0 Å². The monoisotopic (exact) mass is 289 g/mol. The van der Waals surface area contributed by atoms with Crippen molar-refractivity contribution in [1.82, 2.24) is 4.57 Å². The van der Waals surface area contributed by atoms with Gasteiger partial charge in [-0.2, -0.15) is 0 Å². The van der Waals surface area contributed by atoms with Crippen molar-refractivity contribution in [3.63, 3.8) is 0 Å². The van der Waals surface area contributed by atoms with Crippen LogP contribution in [0.4, 0.5) is 4.39 Å². The third-order valence-electron chi connectivity index (χ3n) is 4.17. The lowest BCUT2D eigenvalue weighted by atomic mass is 10.1. The molecule has 1 nitrogen and oxygen atoms in total. The Kier molecular flexibility index (Phi) is 2.80. The fourth-order valence-corrected chi connectivity index (χ4v) is 3.14. The van der Waals surface area contributed by atoms with E-state index in [2.05, 4.69) is 50.2 Å². The van der Waals surface area contributed by atoms with Crippen molar-refractivity contribution >= 4 is 21.8 Å². The molecule has 0 N–H and O–H groups in total. The molecule has 1 aromatic heterocycles. The number of rotatable bonds is 1. The van der Waals surface area contributed by atoms with Gasteiger partial charge in [0, 0.05) is 10.8 Å². The van der Waals surface area contributed by atoms with Crippen LogP contribution in [0.3, 0.4) is 0 Å². The van der Waals surface area contributed by atoms with Gasteiger partial charge in [-0.05, 0) is 50.2 Å². The van der Waals surface area contributed by atoms with E-state index in [9.17, 15) is 4.39 Å². The van der Waals surface area contributed by atoms with Crippen LogP contribution in [0.1, 0.15) is 11.1 Å². The minimum absolute atomic E-state index is 0.206. The molecule has 0 spiro atoms. The number of halogens is 1. The van der Waals surface area contributed by atoms with Crippen LogP contribution in [-0.4, -0.2) is 4.57 Å². The van der Waals surface area contributed by atoms with Crippen molar-refractivity contribution < 1.29 is 4.39 Å². The van der Waals surface area contributed by atoms with E-state index in [-0.39, 0.29) is 5.82 Å². The van der Waals surface area contributed by atoms with Gasteiger partial charge in [0.25, 0.3) is 0 Å². The first-order valence-corrected chi connectivity index (χ1v) is 7.41. The molecule has 0 bridgehead atoms. The number of nitrogens with zero attached hydrogens (tertiary/aromatic N) is 1. The van der Waals surface area contributed by atoms with Crippen molar-refractivity contribution in [3.05, 3.63) is 77.6 Å². The van der Waals surface area contributed by atoms with E-state index in [1.807, 2.05) is 16.7 Å². The van der Waals surface area contributed by atoms with Gasteiger partial charge in [0.15, 0.2) is 0 Å². The Balaban J connectivity index is 2.23. The summed E-state index contributed by atoms with van der Waals surface area (Å²) >= 11 is 0. The average Bonchev–Trinajstić information content (AvgIpc) is 2.81. The summed E-state index contributed by atoms with van der Waals surface area (Å²) < 4.78 is 16.4. The molecule has 1 heterocycles. The molecule has 0 aliphatic heterocycles. The van der Waals surface area contributed by atoms with E-state index in [0.29, 0.717) is 5.69 Å². The number of para-hydroxylation sites is 1. The molecule has 2 heteroatoms. The zero-order chi connectivity index (χ0) is 15.3. The zero-order valence-electron chi connectivity index (χ0n) is 12.6. The Morgan fingerprint density at radius 2 is 1.27 bits per heavy atom. The first-order valence-electron chi connectivity index (χ1n) is 7.41. The minimum Gasteiger partial charge on any atom is -0.306 e. The Bertz CT molecular complexity index is 952. The predicted octanol–water partition coefficient (Wildman–Crippen LogP) is 5.54. The largest absolute Gasteiger partial charge is 0.306 e. The zero-order valence-corrected chi connectivity index (χ0v) is 12.6. The summed E-state index contributed by atoms with van der Waals surface area (Å²) in [6, 6.07) is 19.6. The highest BCUT2D eigenvalue weighted by molar-refractivity contribution is 6.09. The Labute approximate surface area is 128 Å². The Morgan fingerprint density at radius 1 is 0.727 bits per heavy atom. The molecule has 0 aliphatic rings. The van der Waals surface area contributed by atoms with Crippen molar-refractivity contribution in [3.8, 4) is 5.69 Å². The highest BCUT2D eigenvalue weighted by Crippen LogP contribution is 2.33. The number of hydrogen-bond acceptors (Lipinski definition) is 0. The second kappa shape index (κ2) is 4.70. The number of aryl methyl sites for hydroxylation is 2. The molecular weight excluding hydrogens is 273 g/mol. The average molecular weight is 289 g/mol. The Hall–Kier alpha value is -2.61. The van der Waals surface area contributed by atoms with E-state index in [1.54, 1.807) is 6.07 Å². The maximum absolute atomic E-state index is 14.3. The molecule has 0 saturated carbocycles. The molecule has 3 aromatic carbocycles. The quantitative estimate of drug-likeness (QED) is 0.433. The van der Waals surface area contributed by atoms with Crippen LogP contribution in [0.2, 0.25) is 0 Å². The van der Waals surface area contributed by atoms with E-state index in [4.69, 9.17) is 0 Å². The highest BCUT2D eigenvalue weighted by Gasteiger charge is 2.14. The second-order valence-corrected chi connectivity index (χ2v) is 5.83. The first-order chi connectivity index (χ1) is 10.6. The number of hydrogen-bond donors (Lipinski definition) is 0. The van der Waals surface area contributed by atoms with Gasteiger partial charge >= 0.3 is 0 Å². The van der Waals surface area contributed by atoms with Gasteiger partial charge in [-0.15, -0.1) is 0 Å². The molecular formula is C20H16FN. The first kappa shape index (κ1) is 13.1. The van der Waals surface area contributed by atoms with E-state index >= 15 is 0 Å². The van der Waals surface area contributed by atoms with Gasteiger partial charge in [0.05, 0.1) is 16.7 Å². The van der Waals surface area contributed by atoms with Crippen LogP contribution < -0.4 is 0 Å². The summed E-state index contributed by atoms with van der Waals surface area (Å²) in [4.78, 5) is 0. The predicted molar refractivity (Wildman–Crippen MR) is 90.2 cm³/mol. The number of fused-ring (bicyclic) bond motifs is 3. The second-order valence-electron chi connectivity index (χ2n) is 5.83. The van der Waals surface area contributed by atoms with Crippen LogP contribution in [0.5, 0.6) is 0 Å². The smallest absolute Gasteiger partial charge is 0.147 e. The molecule has 22 heavy (non-hydrogen) atoms. The maximum atomic E-state index is 14.3. The molecule has 0 aliphatic carbocycles. The van der Waals surface area contributed by atoms with E-state index < -0.39 is 0 Å². The van der Waals surface area contributed by atoms with Gasteiger partial charge < -0.3 is 4.57 Å². The summed E-state index contributed by atoms with van der Waals surface area (Å²) in [6.07, 6.45) is 0. The van der Waals surface area contributed by atoms with E-state index in [1.165, 1.54) is 28.0 Å². The number of benzene rings is 3. The minimum atomic E-state index is -0.206. The fourth-order valence-electron chi connectivity index (χ4n) is 3.14. The lowest BCUT2D eigenvalue weighted by Crippen LogP contribution is -1.97. The molecule has 108 valence electrons. The molecule has 4 aromatic rings. The van der Waals surface area contributed by atoms with Crippen molar-refractivity contribution in [2.45, 2.75) is 13.8 Å². The molecule has 4 rings (SSSR count). The van der Waals surface area contributed by atoms with Crippen LogP contribution in [0, 0.1) is 19.7 Å². The normalized spacial score (nSPS) is 11.4. The van der Waals surface area contributed by atoms with Gasteiger partial charge in [0.1, 0.15) is 5.82 Å². The van der Waals surface area contributed by atoms with Gasteiger partial charge in [-0.1, -0.05) is 35.4 Å². The molecule has 0 radical (unpaired) electrons. The van der Waals surface area contributed by atoms with Crippen LogP contribution in [0.25, 0.3) is 27.5 Å². The molecule has 0 unspecified atom stereocenters. The summed E-state index contributed by atoms with van der Waals surface area (Å²) in [7, 11) is 0. The number of aromatic nitrogens is 1. The standard InChI is InChI=1S/C20H16FN/c1-13-7-9-18-15(11-13)16-12-14(2)8-10-19(16)22(18)20-6-4-3-5-17(20)21/h3-12H,1-2H3. The van der Waals surface area contributed by atoms with E-state index in [0.717, 1.165) is 11.0 Å². The van der Waals surface area contributed by atoms with Crippen LogP contribution in [0.15, 0.2) is 60.7 Å². The molecule has 0 amide bonds. The highest BCUT2D eigenvalue weighted by atomic mass is 19.1. The lowest BCUT2D eigenvalue weighted by Gasteiger charge is -2.08. The van der Waals surface area contributed by atoms with Crippen molar-refractivity contribution in [2.75, 3.05) is 0 Å². The van der Waals surface area contributed by atoms with Gasteiger partial charge in [0.2, 0.25) is 0 Å². The lowest BCUT2D eigenvalue weighted by molar-refractivity contribution is 0.621. The summed E-state index contributed by atoms with van der Waals surface area (Å²) in [5, 5.41) is 2.34. The molecule has 0 fully saturated rings. The third kappa shape index (κ3) is 1.84. The Morgan fingerprint density at radius 3 is 1.82 bits per heavy atom. The summed E-state index contributed by atoms with van der Waals surface area (Å²) in [6.45, 7) is 4.17. The molecule has 0 atom stereocenters.